The average molecular weight is 176 g/mol. The van der Waals surface area contributed by atoms with Gasteiger partial charge in [0, 0.05) is 11.8 Å². The maximum absolute atomic E-state index is 11.5. The molecule has 1 heteroatoms. The van der Waals surface area contributed by atoms with Gasteiger partial charge < -0.3 is 0 Å². The number of allylic oxidation sites excluding steroid dienone is 2. The molecule has 0 bridgehead atoms. The molecule has 0 radical (unpaired) electrons. The molecule has 1 nitrogen and oxygen atoms in total. The molecule has 3 rings (SSSR count). The van der Waals surface area contributed by atoms with Gasteiger partial charge in [-0.1, -0.05) is 18.9 Å². The van der Waals surface area contributed by atoms with Crippen molar-refractivity contribution in [3.63, 3.8) is 0 Å². The normalized spacial score (nSPS) is 47.8. The van der Waals surface area contributed by atoms with Crippen LogP contribution in [0.3, 0.4) is 0 Å². The highest BCUT2D eigenvalue weighted by Gasteiger charge is 2.59. The Balaban J connectivity index is 2.14. The summed E-state index contributed by atoms with van der Waals surface area (Å²) in [6.07, 6.45) is 9.27. The van der Waals surface area contributed by atoms with Crippen molar-refractivity contribution in [2.45, 2.75) is 45.4 Å². The first kappa shape index (κ1) is 7.78. The fourth-order valence-corrected chi connectivity index (χ4v) is 4.05. The second kappa shape index (κ2) is 2.08. The second-order valence-electron chi connectivity index (χ2n) is 5.31. The largest absolute Gasteiger partial charge is 0.295 e. The van der Waals surface area contributed by atoms with Crippen LogP contribution in [0.5, 0.6) is 0 Å². The third kappa shape index (κ3) is 0.722. The lowest BCUT2D eigenvalue weighted by Gasteiger charge is -2.35. The predicted octanol–water partition coefficient (Wildman–Crippen LogP) is 2.86. The molecule has 0 aliphatic heterocycles. The zero-order valence-electron chi connectivity index (χ0n) is 8.23. The molecule has 0 amide bonds. The smallest absolute Gasteiger partial charge is 0.156 e. The highest BCUT2D eigenvalue weighted by Crippen LogP contribution is 2.68. The summed E-state index contributed by atoms with van der Waals surface area (Å²) in [5.74, 6) is 0.392. The molecular formula is C12H16O. The number of hydrogen-bond donors (Lipinski definition) is 0. The van der Waals surface area contributed by atoms with E-state index >= 15 is 0 Å². The average Bonchev–Trinajstić information content (AvgIpc) is 2.59. The van der Waals surface area contributed by atoms with Gasteiger partial charge in [-0.25, -0.2) is 0 Å². The fraction of sp³-hybridized carbons (Fsp3) is 0.750. The molecule has 2 saturated carbocycles. The molecule has 2 unspecified atom stereocenters. The van der Waals surface area contributed by atoms with E-state index in [0.717, 1.165) is 6.42 Å². The van der Waals surface area contributed by atoms with Crippen molar-refractivity contribution in [2.24, 2.45) is 10.8 Å². The van der Waals surface area contributed by atoms with Gasteiger partial charge in [-0.15, -0.1) is 0 Å². The monoisotopic (exact) mass is 176 g/mol. The van der Waals surface area contributed by atoms with Crippen LogP contribution in [0.1, 0.15) is 45.4 Å². The molecular weight excluding hydrogens is 160 g/mol. The molecule has 1 spiro atoms. The van der Waals surface area contributed by atoms with E-state index in [1.165, 1.54) is 37.7 Å². The lowest BCUT2D eigenvalue weighted by Crippen LogP contribution is -2.29. The van der Waals surface area contributed by atoms with Gasteiger partial charge in [-0.2, -0.15) is 0 Å². The Hall–Kier alpha value is -0.590. The summed E-state index contributed by atoms with van der Waals surface area (Å²) in [6, 6.07) is 0. The summed E-state index contributed by atoms with van der Waals surface area (Å²) >= 11 is 0. The van der Waals surface area contributed by atoms with Crippen molar-refractivity contribution < 1.29 is 4.79 Å². The van der Waals surface area contributed by atoms with Gasteiger partial charge >= 0.3 is 0 Å². The molecule has 0 aromatic carbocycles. The summed E-state index contributed by atoms with van der Waals surface area (Å²) < 4.78 is 0. The highest BCUT2D eigenvalue weighted by molar-refractivity contribution is 5.95. The molecule has 0 aromatic rings. The Morgan fingerprint density at radius 3 is 3.00 bits per heavy atom. The van der Waals surface area contributed by atoms with Gasteiger partial charge in [-0.05, 0) is 37.2 Å². The van der Waals surface area contributed by atoms with Gasteiger partial charge in [-0.3, -0.25) is 4.79 Å². The molecule has 2 fully saturated rings. The zero-order valence-corrected chi connectivity index (χ0v) is 8.23. The summed E-state index contributed by atoms with van der Waals surface area (Å²) in [5.41, 5.74) is 2.31. The van der Waals surface area contributed by atoms with Crippen LogP contribution in [0, 0.1) is 10.8 Å². The third-order valence-electron chi connectivity index (χ3n) is 4.86. The van der Waals surface area contributed by atoms with E-state index in [4.69, 9.17) is 0 Å². The minimum absolute atomic E-state index is 0.337. The Kier molecular flexibility index (Phi) is 1.24. The Morgan fingerprint density at radius 1 is 1.31 bits per heavy atom. The Morgan fingerprint density at radius 2 is 2.15 bits per heavy atom. The Labute approximate surface area is 79.2 Å². The van der Waals surface area contributed by atoms with Gasteiger partial charge in [0.05, 0.1) is 0 Å². The predicted molar refractivity (Wildman–Crippen MR) is 51.3 cm³/mol. The summed E-state index contributed by atoms with van der Waals surface area (Å²) in [4.78, 5) is 11.5. The fourth-order valence-electron chi connectivity index (χ4n) is 4.05. The van der Waals surface area contributed by atoms with Crippen LogP contribution >= 0.6 is 0 Å². The van der Waals surface area contributed by atoms with E-state index in [0.29, 0.717) is 16.6 Å². The molecule has 0 N–H and O–H groups in total. The van der Waals surface area contributed by atoms with E-state index in [1.54, 1.807) is 0 Å². The number of hydrogen-bond acceptors (Lipinski definition) is 1. The maximum atomic E-state index is 11.5. The van der Waals surface area contributed by atoms with Crippen LogP contribution in [0.25, 0.3) is 0 Å². The lowest BCUT2D eigenvalue weighted by atomic mass is 9.68. The standard InChI is InChI=1S/C12H16O/c1-11-4-2-5-12(11)8-10(13)7-9(12)3-6-11/h7H,2-6,8H2,1H3. The van der Waals surface area contributed by atoms with Crippen molar-refractivity contribution in [1.29, 1.82) is 0 Å². The van der Waals surface area contributed by atoms with Gasteiger partial charge in [0.25, 0.3) is 0 Å². The number of carbonyl (C=O) groups is 1. The quantitative estimate of drug-likeness (QED) is 0.554. The molecule has 2 atom stereocenters. The van der Waals surface area contributed by atoms with Crippen molar-refractivity contribution in [1.82, 2.24) is 0 Å². The van der Waals surface area contributed by atoms with Gasteiger partial charge in [0.1, 0.15) is 0 Å². The summed E-state index contributed by atoms with van der Waals surface area (Å²) in [5, 5.41) is 0. The highest BCUT2D eigenvalue weighted by atomic mass is 16.1. The van der Waals surface area contributed by atoms with Gasteiger partial charge in [0.2, 0.25) is 0 Å². The maximum Gasteiger partial charge on any atom is 0.156 e. The number of carbonyl (C=O) groups excluding carboxylic acids is 1. The first-order chi connectivity index (χ1) is 6.16. The van der Waals surface area contributed by atoms with E-state index in [9.17, 15) is 4.79 Å². The zero-order chi connectivity index (χ0) is 9.10. The molecule has 0 heterocycles. The number of rotatable bonds is 0. The molecule has 3 aliphatic carbocycles. The van der Waals surface area contributed by atoms with E-state index in [-0.39, 0.29) is 0 Å². The summed E-state index contributed by atoms with van der Waals surface area (Å²) in [7, 11) is 0. The minimum Gasteiger partial charge on any atom is -0.295 e. The van der Waals surface area contributed by atoms with Crippen LogP contribution in [0.2, 0.25) is 0 Å². The van der Waals surface area contributed by atoms with Crippen molar-refractivity contribution in [3.8, 4) is 0 Å². The summed E-state index contributed by atoms with van der Waals surface area (Å²) in [6.45, 7) is 2.40. The van der Waals surface area contributed by atoms with Crippen LogP contribution < -0.4 is 0 Å². The van der Waals surface area contributed by atoms with E-state index < -0.39 is 0 Å². The molecule has 3 aliphatic rings. The molecule has 13 heavy (non-hydrogen) atoms. The van der Waals surface area contributed by atoms with Crippen LogP contribution in [0.15, 0.2) is 11.6 Å². The van der Waals surface area contributed by atoms with Crippen molar-refractivity contribution in [2.75, 3.05) is 0 Å². The molecule has 0 aromatic heterocycles. The van der Waals surface area contributed by atoms with E-state index in [2.05, 4.69) is 6.92 Å². The van der Waals surface area contributed by atoms with Gasteiger partial charge in [0.15, 0.2) is 5.78 Å². The van der Waals surface area contributed by atoms with Crippen molar-refractivity contribution in [3.05, 3.63) is 11.6 Å². The second-order valence-corrected chi connectivity index (χ2v) is 5.31. The first-order valence-electron chi connectivity index (χ1n) is 5.40. The Bertz CT molecular complexity index is 315. The van der Waals surface area contributed by atoms with Crippen molar-refractivity contribution >= 4 is 5.78 Å². The lowest BCUT2D eigenvalue weighted by molar-refractivity contribution is -0.116. The van der Waals surface area contributed by atoms with E-state index in [1.807, 2.05) is 6.08 Å². The topological polar surface area (TPSA) is 17.1 Å². The molecule has 70 valence electrons. The third-order valence-corrected chi connectivity index (χ3v) is 4.86. The molecule has 0 saturated heterocycles. The van der Waals surface area contributed by atoms with Crippen LogP contribution in [-0.2, 0) is 4.79 Å². The van der Waals surface area contributed by atoms with Crippen LogP contribution in [0.4, 0.5) is 0 Å². The number of ketones is 1. The first-order valence-corrected chi connectivity index (χ1v) is 5.40. The van der Waals surface area contributed by atoms with Crippen LogP contribution in [-0.4, -0.2) is 5.78 Å². The minimum atomic E-state index is 0.337. The SMILES string of the molecule is CC12CCCC13CC(=O)C=C3CC2.